The van der Waals surface area contributed by atoms with E-state index in [-0.39, 0.29) is 6.61 Å². The maximum atomic E-state index is 8.46. The van der Waals surface area contributed by atoms with Crippen LogP contribution >= 0.6 is 0 Å². The molecule has 0 saturated carbocycles. The molecule has 1 aliphatic heterocycles. The monoisotopic (exact) mass is 129 g/mol. The first kappa shape index (κ1) is 6.38. The Morgan fingerprint density at radius 1 is 1.89 bits per heavy atom. The fourth-order valence-electron chi connectivity index (χ4n) is 0.736. The van der Waals surface area contributed by atoms with Crippen molar-refractivity contribution in [3.63, 3.8) is 0 Å². The van der Waals surface area contributed by atoms with Crippen LogP contribution in [0.3, 0.4) is 0 Å². The van der Waals surface area contributed by atoms with E-state index in [9.17, 15) is 0 Å². The minimum absolute atomic E-state index is 0.150. The molecule has 0 aromatic heterocycles. The lowest BCUT2D eigenvalue weighted by Gasteiger charge is -2.12. The molecule has 0 bridgehead atoms. The third-order valence-corrected chi connectivity index (χ3v) is 1.15. The summed E-state index contributed by atoms with van der Waals surface area (Å²) in [7, 11) is 0. The topological polar surface area (TPSA) is 61.5 Å². The van der Waals surface area contributed by atoms with Crippen molar-refractivity contribution in [1.82, 2.24) is 10.4 Å². The lowest BCUT2D eigenvalue weighted by Crippen LogP contribution is -2.31. The highest BCUT2D eigenvalue weighted by Crippen LogP contribution is 1.95. The number of nitrogens with zero attached hydrogens (tertiary/aromatic N) is 1. The Morgan fingerprint density at radius 2 is 2.67 bits per heavy atom. The van der Waals surface area contributed by atoms with Crippen LogP contribution in [0.1, 0.15) is 0 Å². The maximum absolute atomic E-state index is 8.46. The Morgan fingerprint density at radius 3 is 3.11 bits per heavy atom. The standard InChI is InChI=1S/C5H11N3O/c6-5-3-7-8(4-5)1-2-9/h4,7,9H,1-3,6H2. The van der Waals surface area contributed by atoms with Gasteiger partial charge in [-0.3, -0.25) is 0 Å². The highest BCUT2D eigenvalue weighted by molar-refractivity contribution is 5.02. The van der Waals surface area contributed by atoms with E-state index in [0.29, 0.717) is 13.1 Å². The summed E-state index contributed by atoms with van der Waals surface area (Å²) >= 11 is 0. The first-order chi connectivity index (χ1) is 4.33. The molecule has 0 spiro atoms. The molecule has 52 valence electrons. The van der Waals surface area contributed by atoms with Gasteiger partial charge in [0.25, 0.3) is 0 Å². The number of aliphatic hydroxyl groups excluding tert-OH is 1. The summed E-state index contributed by atoms with van der Waals surface area (Å²) in [4.78, 5) is 0. The summed E-state index contributed by atoms with van der Waals surface area (Å²) in [5.74, 6) is 0. The van der Waals surface area contributed by atoms with Gasteiger partial charge in [0.2, 0.25) is 0 Å². The zero-order valence-corrected chi connectivity index (χ0v) is 5.17. The van der Waals surface area contributed by atoms with Gasteiger partial charge in [0.15, 0.2) is 0 Å². The van der Waals surface area contributed by atoms with Crippen LogP contribution in [0.5, 0.6) is 0 Å². The van der Waals surface area contributed by atoms with Gasteiger partial charge in [-0.1, -0.05) is 0 Å². The Labute approximate surface area is 53.9 Å². The van der Waals surface area contributed by atoms with E-state index in [4.69, 9.17) is 10.8 Å². The summed E-state index contributed by atoms with van der Waals surface area (Å²) in [6.07, 6.45) is 1.79. The lowest BCUT2D eigenvalue weighted by molar-refractivity contribution is 0.210. The van der Waals surface area contributed by atoms with Gasteiger partial charge in [-0.2, -0.15) is 0 Å². The summed E-state index contributed by atoms with van der Waals surface area (Å²) in [6.45, 7) is 1.44. The normalized spacial score (nSPS) is 18.3. The SMILES string of the molecule is NC1=CN(CCO)NC1. The fourth-order valence-corrected chi connectivity index (χ4v) is 0.736. The Kier molecular flexibility index (Phi) is 1.92. The van der Waals surface area contributed by atoms with Crippen molar-refractivity contribution in [1.29, 1.82) is 0 Å². The van der Waals surface area contributed by atoms with E-state index in [0.717, 1.165) is 5.70 Å². The number of β-amino-alcohol motifs (C(OH)–C–C–N with tert-alkyl or cyclic N) is 1. The number of rotatable bonds is 2. The number of aliphatic hydroxyl groups is 1. The van der Waals surface area contributed by atoms with Gasteiger partial charge in [0.05, 0.1) is 19.7 Å². The van der Waals surface area contributed by atoms with Crippen molar-refractivity contribution in [2.75, 3.05) is 19.7 Å². The Bertz CT molecular complexity index is 123. The fraction of sp³-hybridized carbons (Fsp3) is 0.600. The molecule has 4 N–H and O–H groups in total. The molecule has 0 fully saturated rings. The number of nitrogens with one attached hydrogen (secondary N) is 1. The smallest absolute Gasteiger partial charge is 0.0622 e. The number of hydrogen-bond donors (Lipinski definition) is 3. The van der Waals surface area contributed by atoms with Crippen LogP contribution in [-0.2, 0) is 0 Å². The second-order valence-corrected chi connectivity index (χ2v) is 1.96. The molecule has 0 aliphatic carbocycles. The van der Waals surface area contributed by atoms with Crippen LogP contribution in [0.2, 0.25) is 0 Å². The molecule has 4 nitrogen and oxygen atoms in total. The number of hydrazine groups is 1. The second-order valence-electron chi connectivity index (χ2n) is 1.96. The quantitative estimate of drug-likeness (QED) is 0.429. The third kappa shape index (κ3) is 1.58. The molecule has 0 aromatic rings. The van der Waals surface area contributed by atoms with E-state index < -0.39 is 0 Å². The minimum atomic E-state index is 0.150. The molecule has 1 rings (SSSR count). The van der Waals surface area contributed by atoms with Crippen molar-refractivity contribution >= 4 is 0 Å². The van der Waals surface area contributed by atoms with E-state index in [1.807, 2.05) is 0 Å². The molecule has 1 aliphatic rings. The molecule has 0 radical (unpaired) electrons. The lowest BCUT2D eigenvalue weighted by atomic mass is 10.5. The number of hydrogen-bond acceptors (Lipinski definition) is 4. The molecule has 4 heteroatoms. The maximum Gasteiger partial charge on any atom is 0.0622 e. The summed E-state index contributed by atoms with van der Waals surface area (Å²) in [6, 6.07) is 0. The third-order valence-electron chi connectivity index (χ3n) is 1.15. The molecule has 0 atom stereocenters. The molecule has 9 heavy (non-hydrogen) atoms. The largest absolute Gasteiger partial charge is 0.400 e. The average Bonchev–Trinajstić information content (AvgIpc) is 2.17. The van der Waals surface area contributed by atoms with Crippen LogP contribution in [0.25, 0.3) is 0 Å². The Balaban J connectivity index is 2.29. The van der Waals surface area contributed by atoms with Crippen molar-refractivity contribution in [2.45, 2.75) is 0 Å². The highest BCUT2D eigenvalue weighted by atomic mass is 16.3. The van der Waals surface area contributed by atoms with Gasteiger partial charge in [0.1, 0.15) is 0 Å². The summed E-state index contributed by atoms with van der Waals surface area (Å²) in [5.41, 5.74) is 9.20. The number of nitrogens with two attached hydrogens (primary N) is 1. The summed E-state index contributed by atoms with van der Waals surface area (Å²) in [5, 5.41) is 10.2. The van der Waals surface area contributed by atoms with Crippen molar-refractivity contribution in [3.8, 4) is 0 Å². The van der Waals surface area contributed by atoms with Crippen LogP contribution in [0, 0.1) is 0 Å². The first-order valence-corrected chi connectivity index (χ1v) is 2.90. The minimum Gasteiger partial charge on any atom is -0.400 e. The van der Waals surface area contributed by atoms with Crippen molar-refractivity contribution in [3.05, 3.63) is 11.9 Å². The Hall–Kier alpha value is -0.740. The van der Waals surface area contributed by atoms with Gasteiger partial charge < -0.3 is 15.8 Å². The zero-order valence-electron chi connectivity index (χ0n) is 5.17. The van der Waals surface area contributed by atoms with E-state index in [1.165, 1.54) is 0 Å². The molecule has 0 unspecified atom stereocenters. The zero-order chi connectivity index (χ0) is 6.69. The van der Waals surface area contributed by atoms with Crippen LogP contribution in [0.15, 0.2) is 11.9 Å². The van der Waals surface area contributed by atoms with Crippen LogP contribution in [0.4, 0.5) is 0 Å². The predicted molar refractivity (Wildman–Crippen MR) is 34.1 cm³/mol. The molecule has 0 amide bonds. The summed E-state index contributed by atoms with van der Waals surface area (Å²) < 4.78 is 0. The molecular formula is C5H11N3O. The van der Waals surface area contributed by atoms with Crippen LogP contribution < -0.4 is 11.2 Å². The van der Waals surface area contributed by atoms with Gasteiger partial charge in [-0.05, 0) is 0 Å². The first-order valence-electron chi connectivity index (χ1n) is 2.90. The van der Waals surface area contributed by atoms with E-state index in [1.54, 1.807) is 11.2 Å². The molecule has 0 saturated heterocycles. The van der Waals surface area contributed by atoms with E-state index in [2.05, 4.69) is 5.43 Å². The van der Waals surface area contributed by atoms with Gasteiger partial charge >= 0.3 is 0 Å². The van der Waals surface area contributed by atoms with Gasteiger partial charge in [-0.25, -0.2) is 5.43 Å². The van der Waals surface area contributed by atoms with Crippen LogP contribution in [-0.4, -0.2) is 29.8 Å². The van der Waals surface area contributed by atoms with Crippen molar-refractivity contribution in [2.24, 2.45) is 5.73 Å². The van der Waals surface area contributed by atoms with Gasteiger partial charge in [-0.15, -0.1) is 0 Å². The molecule has 1 heterocycles. The highest BCUT2D eigenvalue weighted by Gasteiger charge is 2.05. The molecular weight excluding hydrogens is 118 g/mol. The average molecular weight is 129 g/mol. The molecule has 0 aromatic carbocycles. The second kappa shape index (κ2) is 2.70. The van der Waals surface area contributed by atoms with Gasteiger partial charge in [0, 0.05) is 11.9 Å². The predicted octanol–water partition coefficient (Wildman–Crippen LogP) is -1.40. The van der Waals surface area contributed by atoms with Crippen molar-refractivity contribution < 1.29 is 5.11 Å². The van der Waals surface area contributed by atoms with E-state index >= 15 is 0 Å².